The molecule has 2 aliphatic heterocycles. The number of nitrogens with two attached hydrogens (primary N) is 1. The molecule has 106 valence electrons. The Morgan fingerprint density at radius 3 is 2.83 bits per heavy atom. The Kier molecular flexibility index (Phi) is 5.46. The lowest BCUT2D eigenvalue weighted by Crippen LogP contribution is -2.48. The van der Waals surface area contributed by atoms with Crippen molar-refractivity contribution in [2.24, 2.45) is 17.1 Å². The van der Waals surface area contributed by atoms with E-state index in [1.165, 1.54) is 51.6 Å². The van der Waals surface area contributed by atoms with Crippen LogP contribution in [0.15, 0.2) is 0 Å². The Morgan fingerprint density at radius 2 is 2.17 bits per heavy atom. The molecule has 0 radical (unpaired) electrons. The third kappa shape index (κ3) is 3.69. The summed E-state index contributed by atoms with van der Waals surface area (Å²) in [6.07, 6.45) is 7.93. The molecule has 2 rings (SSSR count). The van der Waals surface area contributed by atoms with Crippen LogP contribution in [0.1, 0.15) is 45.4 Å². The summed E-state index contributed by atoms with van der Waals surface area (Å²) < 4.78 is 5.68. The van der Waals surface area contributed by atoms with Crippen molar-refractivity contribution in [2.75, 3.05) is 39.4 Å². The molecule has 2 fully saturated rings. The van der Waals surface area contributed by atoms with Crippen LogP contribution in [0, 0.1) is 11.3 Å². The molecule has 0 amide bonds. The van der Waals surface area contributed by atoms with Gasteiger partial charge in [-0.3, -0.25) is 0 Å². The van der Waals surface area contributed by atoms with Crippen molar-refractivity contribution in [3.63, 3.8) is 0 Å². The van der Waals surface area contributed by atoms with Gasteiger partial charge in [-0.15, -0.1) is 0 Å². The molecule has 2 unspecified atom stereocenters. The van der Waals surface area contributed by atoms with E-state index in [9.17, 15) is 0 Å². The van der Waals surface area contributed by atoms with Gasteiger partial charge in [-0.1, -0.05) is 13.3 Å². The number of rotatable bonds is 4. The van der Waals surface area contributed by atoms with Crippen molar-refractivity contribution in [3.05, 3.63) is 0 Å². The van der Waals surface area contributed by atoms with Crippen molar-refractivity contribution in [3.8, 4) is 0 Å². The Bertz CT molecular complexity index is 239. The molecule has 0 aromatic carbocycles. The van der Waals surface area contributed by atoms with E-state index >= 15 is 0 Å². The normalized spacial score (nSPS) is 35.3. The van der Waals surface area contributed by atoms with Crippen molar-refractivity contribution < 1.29 is 4.74 Å². The second-order valence-electron chi connectivity index (χ2n) is 6.34. The van der Waals surface area contributed by atoms with Gasteiger partial charge in [-0.25, -0.2) is 0 Å². The summed E-state index contributed by atoms with van der Waals surface area (Å²) in [5, 5.41) is 0. The number of nitrogens with zero attached hydrogens (tertiary/aromatic N) is 1. The lowest BCUT2D eigenvalue weighted by molar-refractivity contribution is -0.0215. The number of likely N-dealkylation sites (tertiary alicyclic amines) is 1. The first kappa shape index (κ1) is 14.3. The van der Waals surface area contributed by atoms with E-state index < -0.39 is 0 Å². The Morgan fingerprint density at radius 1 is 1.28 bits per heavy atom. The molecule has 0 aromatic rings. The van der Waals surface area contributed by atoms with Gasteiger partial charge < -0.3 is 15.4 Å². The molecule has 0 aliphatic carbocycles. The summed E-state index contributed by atoms with van der Waals surface area (Å²) in [4.78, 5) is 2.65. The highest BCUT2D eigenvalue weighted by Gasteiger charge is 2.33. The molecular weight excluding hydrogens is 224 g/mol. The third-order valence-electron chi connectivity index (χ3n) is 4.91. The van der Waals surface area contributed by atoms with Crippen molar-refractivity contribution in [2.45, 2.75) is 45.4 Å². The van der Waals surface area contributed by atoms with Gasteiger partial charge in [0.05, 0.1) is 6.61 Å². The largest absolute Gasteiger partial charge is 0.381 e. The van der Waals surface area contributed by atoms with Crippen molar-refractivity contribution >= 4 is 0 Å². The molecular formula is C15H30N2O. The van der Waals surface area contributed by atoms with Crippen LogP contribution in [0.3, 0.4) is 0 Å². The first-order valence-electron chi connectivity index (χ1n) is 7.78. The maximum atomic E-state index is 6.04. The molecule has 2 aliphatic rings. The van der Waals surface area contributed by atoms with Crippen LogP contribution in [0.5, 0.6) is 0 Å². The highest BCUT2D eigenvalue weighted by Crippen LogP contribution is 2.30. The van der Waals surface area contributed by atoms with Gasteiger partial charge in [0.1, 0.15) is 0 Å². The molecule has 3 nitrogen and oxygen atoms in total. The van der Waals surface area contributed by atoms with Crippen LogP contribution in [0.2, 0.25) is 0 Å². The van der Waals surface area contributed by atoms with Crippen LogP contribution in [-0.4, -0.2) is 44.3 Å². The summed E-state index contributed by atoms with van der Waals surface area (Å²) in [5.41, 5.74) is 6.28. The number of hydrogen-bond acceptors (Lipinski definition) is 3. The maximum absolute atomic E-state index is 6.04. The molecule has 18 heavy (non-hydrogen) atoms. The van der Waals surface area contributed by atoms with Crippen molar-refractivity contribution in [1.29, 1.82) is 0 Å². The molecule has 2 saturated heterocycles. The van der Waals surface area contributed by atoms with E-state index in [0.717, 1.165) is 32.2 Å². The minimum absolute atomic E-state index is 0.240. The Hall–Kier alpha value is -0.120. The van der Waals surface area contributed by atoms with E-state index in [1.54, 1.807) is 0 Å². The van der Waals surface area contributed by atoms with E-state index in [-0.39, 0.29) is 5.41 Å². The average molecular weight is 254 g/mol. The van der Waals surface area contributed by atoms with Gasteiger partial charge in [0.2, 0.25) is 0 Å². The Balaban J connectivity index is 1.87. The third-order valence-corrected chi connectivity index (χ3v) is 4.91. The van der Waals surface area contributed by atoms with E-state index in [2.05, 4.69) is 11.8 Å². The fourth-order valence-electron chi connectivity index (χ4n) is 3.53. The van der Waals surface area contributed by atoms with Gasteiger partial charge in [-0.05, 0) is 51.1 Å². The molecule has 0 saturated carbocycles. The van der Waals surface area contributed by atoms with Gasteiger partial charge in [0.15, 0.2) is 0 Å². The minimum atomic E-state index is 0.240. The lowest BCUT2D eigenvalue weighted by Gasteiger charge is -2.39. The predicted octanol–water partition coefficient (Wildman–Crippen LogP) is 2.25. The fraction of sp³-hybridized carbons (Fsp3) is 1.00. The van der Waals surface area contributed by atoms with Crippen LogP contribution in [-0.2, 0) is 4.74 Å². The van der Waals surface area contributed by atoms with E-state index in [0.29, 0.717) is 0 Å². The number of hydrogen-bond donors (Lipinski definition) is 1. The molecule has 0 spiro atoms. The lowest BCUT2D eigenvalue weighted by atomic mass is 9.82. The zero-order chi connectivity index (χ0) is 12.8. The van der Waals surface area contributed by atoms with Gasteiger partial charge in [0, 0.05) is 25.1 Å². The minimum Gasteiger partial charge on any atom is -0.381 e. The van der Waals surface area contributed by atoms with Crippen molar-refractivity contribution in [1.82, 2.24) is 4.90 Å². The van der Waals surface area contributed by atoms with Crippen LogP contribution >= 0.6 is 0 Å². The highest BCUT2D eigenvalue weighted by molar-refractivity contribution is 4.87. The standard InChI is InChI=1S/C15H30N2O/c1-2-14-5-3-8-17(9-6-14)12-15(11-16)7-4-10-18-13-15/h14H,2-13,16H2,1H3. The average Bonchev–Trinajstić information content (AvgIpc) is 2.65. The maximum Gasteiger partial charge on any atom is 0.0546 e. The summed E-state index contributed by atoms with van der Waals surface area (Å²) in [6.45, 7) is 8.59. The zero-order valence-electron chi connectivity index (χ0n) is 12.0. The molecule has 3 heteroatoms. The monoisotopic (exact) mass is 254 g/mol. The summed E-state index contributed by atoms with van der Waals surface area (Å²) in [6, 6.07) is 0. The quantitative estimate of drug-likeness (QED) is 0.836. The number of ether oxygens (including phenoxy) is 1. The van der Waals surface area contributed by atoms with Crippen LogP contribution < -0.4 is 5.73 Å². The van der Waals surface area contributed by atoms with E-state index in [4.69, 9.17) is 10.5 Å². The molecule has 2 atom stereocenters. The summed E-state index contributed by atoms with van der Waals surface area (Å²) in [7, 11) is 0. The predicted molar refractivity (Wildman–Crippen MR) is 75.6 cm³/mol. The summed E-state index contributed by atoms with van der Waals surface area (Å²) in [5.74, 6) is 0.950. The highest BCUT2D eigenvalue weighted by atomic mass is 16.5. The first-order chi connectivity index (χ1) is 8.78. The van der Waals surface area contributed by atoms with Gasteiger partial charge in [-0.2, -0.15) is 0 Å². The Labute approximate surface area is 112 Å². The zero-order valence-corrected chi connectivity index (χ0v) is 12.0. The molecule has 2 N–H and O–H groups in total. The molecule has 0 aromatic heterocycles. The van der Waals surface area contributed by atoms with Gasteiger partial charge in [0.25, 0.3) is 0 Å². The molecule has 2 heterocycles. The van der Waals surface area contributed by atoms with Crippen LogP contribution in [0.4, 0.5) is 0 Å². The second kappa shape index (κ2) is 6.88. The smallest absolute Gasteiger partial charge is 0.0546 e. The second-order valence-corrected chi connectivity index (χ2v) is 6.34. The first-order valence-corrected chi connectivity index (χ1v) is 7.78. The van der Waals surface area contributed by atoms with Gasteiger partial charge >= 0.3 is 0 Å². The topological polar surface area (TPSA) is 38.5 Å². The molecule has 0 bridgehead atoms. The van der Waals surface area contributed by atoms with E-state index in [1.807, 2.05) is 0 Å². The van der Waals surface area contributed by atoms with Crippen LogP contribution in [0.25, 0.3) is 0 Å². The SMILES string of the molecule is CCC1CCCN(CC2(CN)CCCOC2)CC1. The fourth-order valence-corrected chi connectivity index (χ4v) is 3.53. The summed E-state index contributed by atoms with van der Waals surface area (Å²) >= 11 is 0.